The Hall–Kier alpha value is -4.87. The number of carbonyl (C=O) groups is 4. The number of nitrogens with one attached hydrogen (secondary N) is 2. The van der Waals surface area contributed by atoms with Crippen LogP contribution < -0.4 is 10.6 Å². The van der Waals surface area contributed by atoms with Gasteiger partial charge in [-0.3, -0.25) is 9.59 Å². The zero-order valence-corrected chi connectivity index (χ0v) is 26.4. The van der Waals surface area contributed by atoms with Crippen molar-refractivity contribution in [3.63, 3.8) is 0 Å². The van der Waals surface area contributed by atoms with E-state index in [1.165, 1.54) is 0 Å². The Morgan fingerprint density at radius 3 is 2.00 bits per heavy atom. The van der Waals surface area contributed by atoms with Crippen LogP contribution in [-0.4, -0.2) is 73.8 Å². The Kier molecular flexibility index (Phi) is 11.6. The van der Waals surface area contributed by atoms with E-state index in [4.69, 9.17) is 9.47 Å². The number of halogens is 3. The number of hydrogen-bond donors (Lipinski definition) is 2. The van der Waals surface area contributed by atoms with Gasteiger partial charge in [-0.15, -0.1) is 0 Å². The monoisotopic (exact) mass is 653 g/mol. The molecule has 0 saturated carbocycles. The molecule has 3 amide bonds. The summed E-state index contributed by atoms with van der Waals surface area (Å²) < 4.78 is 51.8. The number of amides is 3. The van der Waals surface area contributed by atoms with Crippen LogP contribution in [-0.2, 0) is 30.3 Å². The molecule has 250 valence electrons. The van der Waals surface area contributed by atoms with Gasteiger partial charge in [-0.2, -0.15) is 13.2 Å². The zero-order valence-electron chi connectivity index (χ0n) is 26.4. The SMILES string of the molecule is COC(=O)[C@H](CC(C)C)NC(=O)[C@H](Cc1ccccc1)N(CC(F)(F)F)C(=O)CNC(=O)OCC1c2ccccc2-c2ccccc21. The minimum atomic E-state index is -4.88. The molecule has 2 N–H and O–H groups in total. The number of nitrogens with zero attached hydrogens (tertiary/aromatic N) is 1. The normalized spacial score (nSPS) is 13.6. The van der Waals surface area contributed by atoms with Crippen molar-refractivity contribution in [3.05, 3.63) is 95.6 Å². The lowest BCUT2D eigenvalue weighted by Crippen LogP contribution is -2.58. The summed E-state index contributed by atoms with van der Waals surface area (Å²) in [5.41, 5.74) is 4.44. The van der Waals surface area contributed by atoms with E-state index in [-0.39, 0.29) is 31.3 Å². The van der Waals surface area contributed by atoms with Gasteiger partial charge in [0.1, 0.15) is 31.8 Å². The van der Waals surface area contributed by atoms with E-state index >= 15 is 0 Å². The Bertz CT molecular complexity index is 1520. The summed E-state index contributed by atoms with van der Waals surface area (Å²) in [5, 5.41) is 4.73. The molecule has 0 radical (unpaired) electrons. The minimum Gasteiger partial charge on any atom is -0.467 e. The molecule has 3 aromatic rings. The molecule has 0 aromatic heterocycles. The highest BCUT2D eigenvalue weighted by Gasteiger charge is 2.40. The van der Waals surface area contributed by atoms with Crippen LogP contribution in [0.25, 0.3) is 11.1 Å². The fraction of sp³-hybridized carbons (Fsp3) is 0.371. The second kappa shape index (κ2) is 15.6. The molecule has 3 aromatic carbocycles. The van der Waals surface area contributed by atoms with Crippen molar-refractivity contribution in [1.82, 2.24) is 15.5 Å². The molecule has 1 aliphatic rings. The first kappa shape index (κ1) is 35.0. The zero-order chi connectivity index (χ0) is 34.1. The molecular formula is C35H38F3N3O6. The summed E-state index contributed by atoms with van der Waals surface area (Å²) in [6.45, 7) is 0.911. The number of rotatable bonds is 13. The minimum absolute atomic E-state index is 0.0654. The smallest absolute Gasteiger partial charge is 0.407 e. The highest BCUT2D eigenvalue weighted by Crippen LogP contribution is 2.44. The molecule has 47 heavy (non-hydrogen) atoms. The van der Waals surface area contributed by atoms with E-state index in [0.717, 1.165) is 29.4 Å². The topological polar surface area (TPSA) is 114 Å². The molecule has 12 heteroatoms. The molecular weight excluding hydrogens is 615 g/mol. The number of alkyl carbamates (subject to hydrolysis) is 1. The van der Waals surface area contributed by atoms with Crippen LogP contribution in [0.4, 0.5) is 18.0 Å². The molecule has 9 nitrogen and oxygen atoms in total. The summed E-state index contributed by atoms with van der Waals surface area (Å²) in [4.78, 5) is 52.5. The lowest BCUT2D eigenvalue weighted by atomic mass is 9.98. The number of hydrogen-bond acceptors (Lipinski definition) is 6. The molecule has 0 unspecified atom stereocenters. The number of ether oxygens (including phenoxy) is 2. The Morgan fingerprint density at radius 2 is 1.45 bits per heavy atom. The van der Waals surface area contributed by atoms with Gasteiger partial charge in [0.2, 0.25) is 11.8 Å². The molecule has 0 heterocycles. The second-order valence-corrected chi connectivity index (χ2v) is 11.7. The third-order valence-corrected chi connectivity index (χ3v) is 7.86. The first-order valence-electron chi connectivity index (χ1n) is 15.2. The highest BCUT2D eigenvalue weighted by molar-refractivity contribution is 5.92. The van der Waals surface area contributed by atoms with Gasteiger partial charge in [-0.05, 0) is 40.2 Å². The number of carbonyl (C=O) groups excluding carboxylic acids is 4. The summed E-state index contributed by atoms with van der Waals surface area (Å²) >= 11 is 0. The predicted octanol–water partition coefficient (Wildman–Crippen LogP) is 5.23. The maximum absolute atomic E-state index is 13.9. The first-order chi connectivity index (χ1) is 22.4. The van der Waals surface area contributed by atoms with E-state index in [0.29, 0.717) is 10.5 Å². The highest BCUT2D eigenvalue weighted by atomic mass is 19.4. The van der Waals surface area contributed by atoms with Crippen LogP contribution in [0.5, 0.6) is 0 Å². The van der Waals surface area contributed by atoms with E-state index in [1.807, 2.05) is 48.5 Å². The van der Waals surface area contributed by atoms with Gasteiger partial charge in [-0.25, -0.2) is 9.59 Å². The standard InChI is InChI=1S/C35H38F3N3O6/c1-22(2)17-29(33(44)46-3)40-32(43)30(18-23-11-5-4-6-12-23)41(21-35(36,37)38)31(42)19-39-34(45)47-20-28-26-15-9-7-13-24(26)25-14-8-10-16-27(25)28/h4-16,22,28-30H,17-21H2,1-3H3,(H,39,45)(H,40,43)/t29-,30-/m0/s1. The summed E-state index contributed by atoms with van der Waals surface area (Å²) in [6.07, 6.45) is -6.00. The van der Waals surface area contributed by atoms with Crippen LogP contribution in [0.3, 0.4) is 0 Å². The lowest BCUT2D eigenvalue weighted by molar-refractivity contribution is -0.168. The number of methoxy groups -OCH3 is 1. The molecule has 1 aliphatic carbocycles. The molecule has 0 bridgehead atoms. The summed E-state index contributed by atoms with van der Waals surface area (Å²) in [5.74, 6) is -3.23. The fourth-order valence-electron chi connectivity index (χ4n) is 5.74. The predicted molar refractivity (Wildman–Crippen MR) is 168 cm³/mol. The van der Waals surface area contributed by atoms with Crippen LogP contribution >= 0.6 is 0 Å². The van der Waals surface area contributed by atoms with Gasteiger partial charge in [0.15, 0.2) is 0 Å². The van der Waals surface area contributed by atoms with Crippen molar-refractivity contribution in [2.45, 2.75) is 50.9 Å². The van der Waals surface area contributed by atoms with Crippen molar-refractivity contribution < 1.29 is 41.8 Å². The number of benzene rings is 3. The number of alkyl halides is 3. The maximum atomic E-state index is 13.9. The molecule has 0 spiro atoms. The third-order valence-electron chi connectivity index (χ3n) is 7.86. The van der Waals surface area contributed by atoms with Crippen LogP contribution in [0, 0.1) is 5.92 Å². The van der Waals surface area contributed by atoms with Gasteiger partial charge in [-0.1, -0.05) is 92.7 Å². The quantitative estimate of drug-likeness (QED) is 0.244. The van der Waals surface area contributed by atoms with Gasteiger partial charge >= 0.3 is 18.2 Å². The van der Waals surface area contributed by atoms with E-state index in [1.54, 1.807) is 44.2 Å². The third kappa shape index (κ3) is 9.34. The Morgan fingerprint density at radius 1 is 0.872 bits per heavy atom. The van der Waals surface area contributed by atoms with Gasteiger partial charge in [0.05, 0.1) is 7.11 Å². The fourth-order valence-corrected chi connectivity index (χ4v) is 5.74. The van der Waals surface area contributed by atoms with Crippen molar-refractivity contribution in [1.29, 1.82) is 0 Å². The molecule has 0 saturated heterocycles. The number of fused-ring (bicyclic) bond motifs is 3. The van der Waals surface area contributed by atoms with Crippen molar-refractivity contribution in [3.8, 4) is 11.1 Å². The second-order valence-electron chi connectivity index (χ2n) is 11.7. The van der Waals surface area contributed by atoms with Crippen LogP contribution in [0.15, 0.2) is 78.9 Å². The van der Waals surface area contributed by atoms with E-state index < -0.39 is 55.2 Å². The van der Waals surface area contributed by atoms with E-state index in [2.05, 4.69) is 10.6 Å². The molecule has 4 rings (SSSR count). The largest absolute Gasteiger partial charge is 0.467 e. The molecule has 0 fully saturated rings. The Labute approximate surface area is 271 Å². The summed E-state index contributed by atoms with van der Waals surface area (Å²) in [7, 11) is 1.14. The van der Waals surface area contributed by atoms with Crippen molar-refractivity contribution in [2.24, 2.45) is 5.92 Å². The van der Waals surface area contributed by atoms with Crippen LogP contribution in [0.2, 0.25) is 0 Å². The molecule has 2 atom stereocenters. The van der Waals surface area contributed by atoms with Crippen molar-refractivity contribution in [2.75, 3.05) is 26.8 Å². The van der Waals surface area contributed by atoms with Crippen LogP contribution in [0.1, 0.15) is 42.9 Å². The average molecular weight is 654 g/mol. The van der Waals surface area contributed by atoms with Gasteiger partial charge in [0, 0.05) is 12.3 Å². The summed E-state index contributed by atoms with van der Waals surface area (Å²) in [6, 6.07) is 20.8. The number of esters is 1. The van der Waals surface area contributed by atoms with Crippen molar-refractivity contribution >= 4 is 23.9 Å². The lowest BCUT2D eigenvalue weighted by Gasteiger charge is -2.33. The molecule has 0 aliphatic heterocycles. The average Bonchev–Trinajstić information content (AvgIpc) is 3.36. The first-order valence-corrected chi connectivity index (χ1v) is 15.2. The van der Waals surface area contributed by atoms with Gasteiger partial charge in [0.25, 0.3) is 0 Å². The van der Waals surface area contributed by atoms with E-state index in [9.17, 15) is 32.3 Å². The maximum Gasteiger partial charge on any atom is 0.407 e. The van der Waals surface area contributed by atoms with Gasteiger partial charge < -0.3 is 25.0 Å². The Balaban J connectivity index is 1.50.